The molecular formula is C11H20N6O4S. The summed E-state index contributed by atoms with van der Waals surface area (Å²) in [6, 6.07) is -0.441. The minimum atomic E-state index is -3.24. The molecule has 2 amide bonds. The minimum Gasteiger partial charge on any atom is -0.374 e. The minimum absolute atomic E-state index is 0.208. The number of rotatable bonds is 5. The van der Waals surface area contributed by atoms with Crippen LogP contribution in [0.25, 0.3) is 0 Å². The fourth-order valence-corrected chi connectivity index (χ4v) is 2.84. The van der Waals surface area contributed by atoms with Crippen molar-refractivity contribution in [2.75, 3.05) is 37.8 Å². The summed E-state index contributed by atoms with van der Waals surface area (Å²) in [6.45, 7) is 3.65. The van der Waals surface area contributed by atoms with Crippen molar-refractivity contribution in [3.05, 3.63) is 6.20 Å². The van der Waals surface area contributed by atoms with Crippen LogP contribution in [0.5, 0.6) is 0 Å². The van der Waals surface area contributed by atoms with Crippen molar-refractivity contribution in [2.24, 2.45) is 0 Å². The Labute approximate surface area is 128 Å². The number of carbonyl (C=O) groups excluding carboxylic acids is 1. The van der Waals surface area contributed by atoms with Crippen molar-refractivity contribution < 1.29 is 17.9 Å². The predicted molar refractivity (Wildman–Crippen MR) is 78.9 cm³/mol. The van der Waals surface area contributed by atoms with Gasteiger partial charge in [0, 0.05) is 26.2 Å². The van der Waals surface area contributed by atoms with Crippen LogP contribution in [0.1, 0.15) is 6.92 Å². The lowest BCUT2D eigenvalue weighted by atomic mass is 10.3. The molecule has 0 unspecified atom stereocenters. The molecule has 1 aliphatic heterocycles. The fraction of sp³-hybridized carbons (Fsp3) is 0.727. The molecule has 2 rings (SSSR count). The smallest absolute Gasteiger partial charge is 0.320 e. The summed E-state index contributed by atoms with van der Waals surface area (Å²) in [5.74, 6) is 0.349. The maximum atomic E-state index is 11.7. The Balaban J connectivity index is 1.78. The van der Waals surface area contributed by atoms with Gasteiger partial charge in [-0.25, -0.2) is 13.2 Å². The highest BCUT2D eigenvalue weighted by Gasteiger charge is 2.26. The molecule has 0 bridgehead atoms. The van der Waals surface area contributed by atoms with Gasteiger partial charge in [-0.1, -0.05) is 5.21 Å². The second-order valence-corrected chi connectivity index (χ2v) is 6.89. The molecule has 1 aromatic rings. The highest BCUT2D eigenvalue weighted by molar-refractivity contribution is 7.88. The molecule has 0 saturated carbocycles. The molecule has 2 N–H and O–H groups in total. The largest absolute Gasteiger partial charge is 0.374 e. The summed E-state index contributed by atoms with van der Waals surface area (Å²) >= 11 is 0. The van der Waals surface area contributed by atoms with Gasteiger partial charge >= 0.3 is 6.03 Å². The molecular weight excluding hydrogens is 312 g/mol. The monoisotopic (exact) mass is 332 g/mol. The quantitative estimate of drug-likeness (QED) is 0.720. The van der Waals surface area contributed by atoms with Crippen molar-refractivity contribution in [1.29, 1.82) is 0 Å². The summed E-state index contributed by atoms with van der Waals surface area (Å²) in [7, 11) is -3.24. The topological polar surface area (TPSA) is 118 Å². The van der Waals surface area contributed by atoms with Crippen LogP contribution < -0.4 is 10.6 Å². The molecule has 0 radical (unpaired) electrons. The standard InChI is InChI=1S/C11H20N6O4S/c1-3-16-8-10(14-15-16)13-11(18)12-6-9-7-17(4-5-21-9)22(2,19)20/h8-9H,3-7H2,1-2H3,(H2,12,13,18)/t9-/m0/s1. The lowest BCUT2D eigenvalue weighted by Gasteiger charge is -2.31. The number of amides is 2. The number of hydrogen-bond acceptors (Lipinski definition) is 6. The zero-order chi connectivity index (χ0) is 16.2. The molecule has 22 heavy (non-hydrogen) atoms. The first-order chi connectivity index (χ1) is 10.4. The van der Waals surface area contributed by atoms with E-state index in [0.717, 1.165) is 6.26 Å². The molecule has 0 spiro atoms. The van der Waals surface area contributed by atoms with Crippen molar-refractivity contribution in [3.8, 4) is 0 Å². The molecule has 1 aliphatic rings. The van der Waals surface area contributed by atoms with Crippen molar-refractivity contribution in [1.82, 2.24) is 24.6 Å². The number of morpholine rings is 1. The van der Waals surface area contributed by atoms with E-state index in [2.05, 4.69) is 20.9 Å². The van der Waals surface area contributed by atoms with Gasteiger partial charge in [-0.05, 0) is 6.92 Å². The van der Waals surface area contributed by atoms with E-state index < -0.39 is 16.1 Å². The van der Waals surface area contributed by atoms with Crippen molar-refractivity contribution >= 4 is 21.9 Å². The number of nitrogens with one attached hydrogen (secondary N) is 2. The van der Waals surface area contributed by atoms with Crippen LogP contribution in [0.3, 0.4) is 0 Å². The second kappa shape index (κ2) is 7.03. The van der Waals surface area contributed by atoms with Gasteiger partial charge in [0.25, 0.3) is 0 Å². The SMILES string of the molecule is CCn1cc(NC(=O)NC[C@H]2CN(S(C)(=O)=O)CCO2)nn1. The lowest BCUT2D eigenvalue weighted by molar-refractivity contribution is 0.00167. The van der Waals surface area contributed by atoms with E-state index >= 15 is 0 Å². The molecule has 0 aliphatic carbocycles. The number of aromatic nitrogens is 3. The lowest BCUT2D eigenvalue weighted by Crippen LogP contribution is -2.49. The van der Waals surface area contributed by atoms with Crippen molar-refractivity contribution in [2.45, 2.75) is 19.6 Å². The maximum Gasteiger partial charge on any atom is 0.320 e. The van der Waals surface area contributed by atoms with Gasteiger partial charge in [0.05, 0.1) is 25.2 Å². The van der Waals surface area contributed by atoms with E-state index in [1.165, 1.54) is 4.31 Å². The Morgan fingerprint density at radius 2 is 2.32 bits per heavy atom. The van der Waals surface area contributed by atoms with E-state index in [-0.39, 0.29) is 19.2 Å². The van der Waals surface area contributed by atoms with Gasteiger partial charge in [0.2, 0.25) is 10.0 Å². The molecule has 10 nitrogen and oxygen atoms in total. The number of anilines is 1. The number of urea groups is 1. The number of aryl methyl sites for hydroxylation is 1. The number of sulfonamides is 1. The summed E-state index contributed by atoms with van der Waals surface area (Å²) in [4.78, 5) is 11.7. The first-order valence-corrected chi connectivity index (χ1v) is 8.75. The summed E-state index contributed by atoms with van der Waals surface area (Å²) in [5.41, 5.74) is 0. The maximum absolute atomic E-state index is 11.7. The van der Waals surface area contributed by atoms with Crippen LogP contribution in [-0.4, -0.2) is 72.3 Å². The molecule has 1 fully saturated rings. The highest BCUT2D eigenvalue weighted by atomic mass is 32.2. The fourth-order valence-electron chi connectivity index (χ4n) is 1.99. The predicted octanol–water partition coefficient (Wildman–Crippen LogP) is -0.920. The van der Waals surface area contributed by atoms with Crippen LogP contribution in [0.2, 0.25) is 0 Å². The number of hydrogen-bond donors (Lipinski definition) is 2. The summed E-state index contributed by atoms with van der Waals surface area (Å²) < 4.78 is 31.4. The molecule has 2 heterocycles. The zero-order valence-electron chi connectivity index (χ0n) is 12.5. The Kier molecular flexibility index (Phi) is 5.32. The Hall–Kier alpha value is -1.72. The second-order valence-electron chi connectivity index (χ2n) is 4.91. The average Bonchev–Trinajstić information content (AvgIpc) is 2.92. The molecule has 1 atom stereocenters. The van der Waals surface area contributed by atoms with Crippen LogP contribution >= 0.6 is 0 Å². The highest BCUT2D eigenvalue weighted by Crippen LogP contribution is 2.08. The Morgan fingerprint density at radius 1 is 1.55 bits per heavy atom. The summed E-state index contributed by atoms with van der Waals surface area (Å²) in [6.07, 6.45) is 2.40. The van der Waals surface area contributed by atoms with Gasteiger partial charge in [0.15, 0.2) is 5.82 Å². The molecule has 1 aromatic heterocycles. The number of nitrogens with zero attached hydrogens (tertiary/aromatic N) is 4. The first kappa shape index (κ1) is 16.6. The van der Waals surface area contributed by atoms with E-state index in [1.807, 2.05) is 6.92 Å². The van der Waals surface area contributed by atoms with Crippen molar-refractivity contribution in [3.63, 3.8) is 0 Å². The van der Waals surface area contributed by atoms with E-state index in [0.29, 0.717) is 25.5 Å². The van der Waals surface area contributed by atoms with Gasteiger partial charge in [-0.2, -0.15) is 4.31 Å². The number of ether oxygens (including phenoxy) is 1. The Bertz CT molecular complexity index is 616. The molecule has 0 aromatic carbocycles. The van der Waals surface area contributed by atoms with E-state index in [4.69, 9.17) is 4.74 Å². The van der Waals surface area contributed by atoms with Gasteiger partial charge in [-0.15, -0.1) is 5.10 Å². The normalized spacial score (nSPS) is 19.8. The third-order valence-electron chi connectivity index (χ3n) is 3.17. The van der Waals surface area contributed by atoms with Gasteiger partial charge < -0.3 is 10.1 Å². The van der Waals surface area contributed by atoms with E-state index in [1.54, 1.807) is 10.9 Å². The van der Waals surface area contributed by atoms with Crippen LogP contribution in [-0.2, 0) is 21.3 Å². The Morgan fingerprint density at radius 3 is 2.95 bits per heavy atom. The van der Waals surface area contributed by atoms with E-state index in [9.17, 15) is 13.2 Å². The first-order valence-electron chi connectivity index (χ1n) is 6.90. The zero-order valence-corrected chi connectivity index (χ0v) is 13.3. The third-order valence-corrected chi connectivity index (χ3v) is 4.43. The molecule has 124 valence electrons. The molecule has 11 heteroatoms. The molecule has 1 saturated heterocycles. The van der Waals surface area contributed by atoms with Gasteiger partial charge in [-0.3, -0.25) is 10.00 Å². The van der Waals surface area contributed by atoms with Crippen LogP contribution in [0, 0.1) is 0 Å². The average molecular weight is 332 g/mol. The number of carbonyl (C=O) groups is 1. The van der Waals surface area contributed by atoms with Gasteiger partial charge in [0.1, 0.15) is 0 Å². The summed E-state index contributed by atoms with van der Waals surface area (Å²) in [5, 5.41) is 12.8. The third kappa shape index (κ3) is 4.64. The van der Waals surface area contributed by atoms with Crippen LogP contribution in [0.4, 0.5) is 10.6 Å². The van der Waals surface area contributed by atoms with Crippen LogP contribution in [0.15, 0.2) is 6.20 Å².